The molecule has 1 saturated carbocycles. The lowest BCUT2D eigenvalue weighted by Crippen LogP contribution is -2.33. The van der Waals surface area contributed by atoms with Crippen molar-refractivity contribution in [2.24, 2.45) is 0 Å². The number of nitrogens with one attached hydrogen (secondary N) is 1. The standard InChI is InChI=1S/C21H20ClN3O2S/c1-12-4-3-5-16(10-12)25-20(27)17-9-6-14(22)11-18(17)24-21(25)28-13(2)19(26)23-15-7-8-15/h3-6,9-11,13,15H,7-8H2,1-2H3,(H,23,26). The van der Waals surface area contributed by atoms with E-state index in [4.69, 9.17) is 11.6 Å². The van der Waals surface area contributed by atoms with Crippen LogP contribution in [0.5, 0.6) is 0 Å². The second-order valence-electron chi connectivity index (χ2n) is 7.08. The van der Waals surface area contributed by atoms with Gasteiger partial charge in [-0.15, -0.1) is 0 Å². The quantitative estimate of drug-likeness (QED) is 0.505. The molecule has 1 atom stereocenters. The number of hydrogen-bond donors (Lipinski definition) is 1. The fourth-order valence-electron chi connectivity index (χ4n) is 2.97. The highest BCUT2D eigenvalue weighted by Crippen LogP contribution is 2.27. The number of amides is 1. The van der Waals surface area contributed by atoms with E-state index >= 15 is 0 Å². The summed E-state index contributed by atoms with van der Waals surface area (Å²) in [5.41, 5.74) is 2.12. The Labute approximate surface area is 172 Å². The molecule has 5 nitrogen and oxygen atoms in total. The van der Waals surface area contributed by atoms with Crippen molar-refractivity contribution in [3.05, 3.63) is 63.4 Å². The van der Waals surface area contributed by atoms with E-state index in [2.05, 4.69) is 10.3 Å². The van der Waals surface area contributed by atoms with Gasteiger partial charge in [-0.05, 0) is 62.6 Å². The van der Waals surface area contributed by atoms with Crippen LogP contribution in [0.2, 0.25) is 5.02 Å². The molecule has 3 aromatic rings. The number of halogens is 1. The Bertz CT molecular complexity index is 1120. The third-order valence-corrected chi connectivity index (χ3v) is 5.92. The van der Waals surface area contributed by atoms with Gasteiger partial charge in [0.2, 0.25) is 5.91 Å². The van der Waals surface area contributed by atoms with Crippen LogP contribution in [0.1, 0.15) is 25.3 Å². The topological polar surface area (TPSA) is 64.0 Å². The van der Waals surface area contributed by atoms with E-state index in [1.807, 2.05) is 38.1 Å². The van der Waals surface area contributed by atoms with E-state index in [0.29, 0.717) is 21.1 Å². The molecule has 4 rings (SSSR count). The molecule has 1 fully saturated rings. The van der Waals surface area contributed by atoms with Crippen LogP contribution >= 0.6 is 23.4 Å². The van der Waals surface area contributed by atoms with E-state index in [0.717, 1.165) is 24.1 Å². The summed E-state index contributed by atoms with van der Waals surface area (Å²) < 4.78 is 1.58. The van der Waals surface area contributed by atoms with Gasteiger partial charge in [-0.1, -0.05) is 35.5 Å². The Hall–Kier alpha value is -2.31. The molecule has 0 radical (unpaired) electrons. The summed E-state index contributed by atoms with van der Waals surface area (Å²) in [5, 5.41) is 4.12. The zero-order valence-electron chi connectivity index (χ0n) is 15.6. The summed E-state index contributed by atoms with van der Waals surface area (Å²) in [6, 6.07) is 13.0. The lowest BCUT2D eigenvalue weighted by atomic mass is 10.2. The Kier molecular flexibility index (Phi) is 5.17. The lowest BCUT2D eigenvalue weighted by Gasteiger charge is -2.17. The van der Waals surface area contributed by atoms with Gasteiger partial charge >= 0.3 is 0 Å². The first kappa shape index (κ1) is 19.0. The minimum absolute atomic E-state index is 0.0382. The molecule has 7 heteroatoms. The average Bonchev–Trinajstić information content (AvgIpc) is 3.45. The van der Waals surface area contributed by atoms with Crippen LogP contribution in [0.15, 0.2) is 52.4 Å². The number of carbonyl (C=O) groups is 1. The number of hydrogen-bond acceptors (Lipinski definition) is 4. The summed E-state index contributed by atoms with van der Waals surface area (Å²) in [4.78, 5) is 30.4. The van der Waals surface area contributed by atoms with Crippen LogP contribution < -0.4 is 10.9 Å². The number of aryl methyl sites for hydroxylation is 1. The maximum Gasteiger partial charge on any atom is 0.266 e. The first-order valence-electron chi connectivity index (χ1n) is 9.19. The normalized spacial score (nSPS) is 14.8. The second-order valence-corrected chi connectivity index (χ2v) is 8.82. The monoisotopic (exact) mass is 413 g/mol. The maximum atomic E-state index is 13.3. The number of aromatic nitrogens is 2. The molecule has 144 valence electrons. The number of fused-ring (bicyclic) bond motifs is 1. The molecule has 2 aromatic carbocycles. The van der Waals surface area contributed by atoms with Crippen molar-refractivity contribution in [2.45, 2.75) is 43.1 Å². The van der Waals surface area contributed by atoms with Crippen molar-refractivity contribution < 1.29 is 4.79 Å². The molecule has 1 aliphatic carbocycles. The molecule has 1 N–H and O–H groups in total. The number of thioether (sulfide) groups is 1. The summed E-state index contributed by atoms with van der Waals surface area (Å²) >= 11 is 7.38. The van der Waals surface area contributed by atoms with Crippen molar-refractivity contribution in [2.75, 3.05) is 0 Å². The highest BCUT2D eigenvalue weighted by molar-refractivity contribution is 8.00. The van der Waals surface area contributed by atoms with E-state index in [9.17, 15) is 9.59 Å². The summed E-state index contributed by atoms with van der Waals surface area (Å²) in [6.45, 7) is 3.80. The van der Waals surface area contributed by atoms with Crippen molar-refractivity contribution in [3.8, 4) is 5.69 Å². The molecule has 1 aliphatic rings. The van der Waals surface area contributed by atoms with Gasteiger partial charge in [-0.25, -0.2) is 4.98 Å². The molecule has 1 aromatic heterocycles. The van der Waals surface area contributed by atoms with E-state index in [-0.39, 0.29) is 22.8 Å². The minimum atomic E-state index is -0.375. The van der Waals surface area contributed by atoms with Crippen LogP contribution in [0, 0.1) is 6.92 Å². The molecule has 0 bridgehead atoms. The first-order chi connectivity index (χ1) is 13.4. The number of rotatable bonds is 5. The maximum absolute atomic E-state index is 13.3. The summed E-state index contributed by atoms with van der Waals surface area (Å²) in [6.07, 6.45) is 2.06. The highest BCUT2D eigenvalue weighted by atomic mass is 35.5. The van der Waals surface area contributed by atoms with Crippen LogP contribution in [-0.2, 0) is 4.79 Å². The SMILES string of the molecule is Cc1cccc(-n2c(SC(C)C(=O)NC3CC3)nc3cc(Cl)ccc3c2=O)c1. The zero-order valence-corrected chi connectivity index (χ0v) is 17.2. The number of nitrogens with zero attached hydrogens (tertiary/aromatic N) is 2. The van der Waals surface area contributed by atoms with Crippen molar-refractivity contribution in [1.82, 2.24) is 14.9 Å². The van der Waals surface area contributed by atoms with Crippen molar-refractivity contribution in [3.63, 3.8) is 0 Å². The van der Waals surface area contributed by atoms with Gasteiger partial charge in [0.1, 0.15) is 0 Å². The molecule has 0 saturated heterocycles. The molecule has 0 aliphatic heterocycles. The third-order valence-electron chi connectivity index (χ3n) is 4.64. The fraction of sp³-hybridized carbons (Fsp3) is 0.286. The van der Waals surface area contributed by atoms with Crippen LogP contribution in [0.25, 0.3) is 16.6 Å². The molecular weight excluding hydrogens is 394 g/mol. The molecule has 1 unspecified atom stereocenters. The Balaban J connectivity index is 1.83. The van der Waals surface area contributed by atoms with Gasteiger partial charge in [-0.2, -0.15) is 0 Å². The van der Waals surface area contributed by atoms with E-state index < -0.39 is 0 Å². The van der Waals surface area contributed by atoms with Crippen LogP contribution in [0.4, 0.5) is 0 Å². The molecule has 0 spiro atoms. The molecule has 28 heavy (non-hydrogen) atoms. The summed E-state index contributed by atoms with van der Waals surface area (Å²) in [5.74, 6) is -0.0382. The minimum Gasteiger partial charge on any atom is -0.352 e. The molecule has 1 amide bonds. The summed E-state index contributed by atoms with van der Waals surface area (Å²) in [7, 11) is 0. The first-order valence-corrected chi connectivity index (χ1v) is 10.4. The Morgan fingerprint density at radius 2 is 2.07 bits per heavy atom. The predicted molar refractivity (Wildman–Crippen MR) is 114 cm³/mol. The number of carbonyl (C=O) groups excluding carboxylic acids is 1. The Morgan fingerprint density at radius 1 is 1.29 bits per heavy atom. The number of benzene rings is 2. The molecular formula is C21H20ClN3O2S. The smallest absolute Gasteiger partial charge is 0.266 e. The van der Waals surface area contributed by atoms with Gasteiger partial charge in [0.05, 0.1) is 21.8 Å². The molecule has 1 heterocycles. The Morgan fingerprint density at radius 3 is 2.79 bits per heavy atom. The zero-order chi connectivity index (χ0) is 19.8. The van der Waals surface area contributed by atoms with Gasteiger partial charge in [0.15, 0.2) is 5.16 Å². The van der Waals surface area contributed by atoms with Crippen LogP contribution in [-0.4, -0.2) is 26.8 Å². The largest absolute Gasteiger partial charge is 0.352 e. The third kappa shape index (κ3) is 3.93. The fourth-order valence-corrected chi connectivity index (χ4v) is 4.07. The van der Waals surface area contributed by atoms with Crippen molar-refractivity contribution >= 4 is 40.2 Å². The van der Waals surface area contributed by atoms with Gasteiger partial charge in [0.25, 0.3) is 5.56 Å². The van der Waals surface area contributed by atoms with Gasteiger partial charge in [0, 0.05) is 11.1 Å². The van der Waals surface area contributed by atoms with Gasteiger partial charge in [-0.3, -0.25) is 14.2 Å². The highest BCUT2D eigenvalue weighted by Gasteiger charge is 2.27. The average molecular weight is 414 g/mol. The van der Waals surface area contributed by atoms with E-state index in [1.165, 1.54) is 11.8 Å². The predicted octanol–water partition coefficient (Wildman–Crippen LogP) is 4.11. The lowest BCUT2D eigenvalue weighted by molar-refractivity contribution is -0.120. The van der Waals surface area contributed by atoms with Crippen molar-refractivity contribution in [1.29, 1.82) is 0 Å². The van der Waals surface area contributed by atoms with E-state index in [1.54, 1.807) is 22.8 Å². The second kappa shape index (κ2) is 7.60. The van der Waals surface area contributed by atoms with Crippen LogP contribution in [0.3, 0.4) is 0 Å². The van der Waals surface area contributed by atoms with Gasteiger partial charge < -0.3 is 5.32 Å².